The summed E-state index contributed by atoms with van der Waals surface area (Å²) in [6, 6.07) is 21.8. The maximum absolute atomic E-state index is 6.62. The van der Waals surface area contributed by atoms with Crippen LogP contribution in [0.5, 0.6) is 0 Å². The summed E-state index contributed by atoms with van der Waals surface area (Å²) in [5.74, 6) is 0. The van der Waals surface area contributed by atoms with Crippen molar-refractivity contribution in [2.24, 2.45) is 0 Å². The van der Waals surface area contributed by atoms with E-state index in [0.29, 0.717) is 0 Å². The average molecular weight is 384 g/mol. The van der Waals surface area contributed by atoms with Gasteiger partial charge in [-0.1, -0.05) is 68.2 Å². The number of hydrogen-bond acceptors (Lipinski definition) is 1. The van der Waals surface area contributed by atoms with Gasteiger partial charge in [0.25, 0.3) is 0 Å². The maximum Gasteiger partial charge on any atom is 0.159 e. The van der Waals surface area contributed by atoms with E-state index < -0.39 is 8.07 Å². The van der Waals surface area contributed by atoms with Gasteiger partial charge in [-0.15, -0.1) is 0 Å². The fourth-order valence-corrected chi connectivity index (χ4v) is 5.87. The normalized spacial score (nSPS) is 12.5. The standard InChI is InChI=1S/C25H25NOSi/c1-16-17(2)26(21-13-7-6-10-18(16)21)22-14-8-11-19-20-12-9-15-23(28(3,4)5)25(20)27-24(19)22/h6-15H,1-5H3. The molecule has 3 heteroatoms. The highest BCUT2D eigenvalue weighted by molar-refractivity contribution is 6.90. The Kier molecular flexibility index (Phi) is 3.62. The van der Waals surface area contributed by atoms with Gasteiger partial charge in [-0.2, -0.15) is 0 Å². The first-order chi connectivity index (χ1) is 13.4. The van der Waals surface area contributed by atoms with Gasteiger partial charge < -0.3 is 8.98 Å². The molecular weight excluding hydrogens is 358 g/mol. The molecule has 0 spiro atoms. The molecule has 0 amide bonds. The lowest BCUT2D eigenvalue weighted by molar-refractivity contribution is 0.667. The van der Waals surface area contributed by atoms with Gasteiger partial charge in [-0.05, 0) is 36.7 Å². The molecule has 5 rings (SSSR count). The molecule has 2 heterocycles. The van der Waals surface area contributed by atoms with Crippen molar-refractivity contribution in [2.75, 3.05) is 0 Å². The Morgan fingerprint density at radius 3 is 2.11 bits per heavy atom. The van der Waals surface area contributed by atoms with Crippen LogP contribution in [0, 0.1) is 13.8 Å². The number of para-hydroxylation sites is 3. The van der Waals surface area contributed by atoms with E-state index in [0.717, 1.165) is 16.9 Å². The molecule has 0 bridgehead atoms. The van der Waals surface area contributed by atoms with Gasteiger partial charge in [0.1, 0.15) is 5.58 Å². The molecule has 0 fully saturated rings. The van der Waals surface area contributed by atoms with E-state index in [4.69, 9.17) is 4.42 Å². The molecule has 2 nitrogen and oxygen atoms in total. The molecule has 0 unspecified atom stereocenters. The molecule has 3 aromatic carbocycles. The lowest BCUT2D eigenvalue weighted by atomic mass is 10.1. The monoisotopic (exact) mass is 383 g/mol. The van der Waals surface area contributed by atoms with Gasteiger partial charge in [-0.3, -0.25) is 0 Å². The third-order valence-electron chi connectivity index (χ3n) is 5.98. The second-order valence-electron chi connectivity index (χ2n) is 8.75. The minimum absolute atomic E-state index is 0.979. The number of benzene rings is 3. The van der Waals surface area contributed by atoms with Crippen LogP contribution in [0.25, 0.3) is 38.5 Å². The van der Waals surface area contributed by atoms with Gasteiger partial charge in [-0.25, -0.2) is 0 Å². The van der Waals surface area contributed by atoms with E-state index in [9.17, 15) is 0 Å². The predicted molar refractivity (Wildman–Crippen MR) is 123 cm³/mol. The summed E-state index contributed by atoms with van der Waals surface area (Å²) in [5, 5.41) is 5.11. The number of hydrogen-bond donors (Lipinski definition) is 0. The summed E-state index contributed by atoms with van der Waals surface area (Å²) in [6.07, 6.45) is 0. The average Bonchev–Trinajstić information content (AvgIpc) is 3.17. The Hall–Kier alpha value is -2.78. The quantitative estimate of drug-likeness (QED) is 0.310. The van der Waals surface area contributed by atoms with E-state index in [1.807, 2.05) is 0 Å². The molecule has 0 saturated heterocycles. The number of rotatable bonds is 2. The summed E-state index contributed by atoms with van der Waals surface area (Å²) in [5.41, 5.74) is 6.99. The van der Waals surface area contributed by atoms with Crippen LogP contribution >= 0.6 is 0 Å². The molecule has 2 aromatic heterocycles. The summed E-state index contributed by atoms with van der Waals surface area (Å²) in [4.78, 5) is 0. The Bertz CT molecular complexity index is 1360. The van der Waals surface area contributed by atoms with Crippen LogP contribution in [0.4, 0.5) is 0 Å². The molecule has 0 N–H and O–H groups in total. The molecule has 5 aromatic rings. The Morgan fingerprint density at radius 2 is 1.36 bits per heavy atom. The lowest BCUT2D eigenvalue weighted by Crippen LogP contribution is -2.37. The number of fused-ring (bicyclic) bond motifs is 4. The molecule has 28 heavy (non-hydrogen) atoms. The predicted octanol–water partition coefficient (Wildman–Crippen LogP) is 6.69. The molecule has 0 atom stereocenters. The van der Waals surface area contributed by atoms with E-state index in [-0.39, 0.29) is 0 Å². The van der Waals surface area contributed by atoms with Gasteiger partial charge in [0.2, 0.25) is 0 Å². The smallest absolute Gasteiger partial charge is 0.159 e. The fraction of sp³-hybridized carbons (Fsp3) is 0.200. The topological polar surface area (TPSA) is 18.1 Å². The summed E-state index contributed by atoms with van der Waals surface area (Å²) < 4.78 is 8.97. The summed E-state index contributed by atoms with van der Waals surface area (Å²) in [6.45, 7) is 11.5. The largest absolute Gasteiger partial charge is 0.454 e. The van der Waals surface area contributed by atoms with Crippen LogP contribution in [0.3, 0.4) is 0 Å². The van der Waals surface area contributed by atoms with Crippen molar-refractivity contribution in [1.29, 1.82) is 0 Å². The maximum atomic E-state index is 6.62. The first kappa shape index (κ1) is 17.3. The zero-order chi connectivity index (χ0) is 19.6. The third-order valence-corrected chi connectivity index (χ3v) is 7.99. The highest BCUT2D eigenvalue weighted by atomic mass is 28.3. The Balaban J connectivity index is 1.92. The zero-order valence-corrected chi connectivity index (χ0v) is 18.1. The molecule has 0 aliphatic carbocycles. The summed E-state index contributed by atoms with van der Waals surface area (Å²) in [7, 11) is -1.51. The van der Waals surface area contributed by atoms with Crippen molar-refractivity contribution in [3.8, 4) is 5.69 Å². The first-order valence-corrected chi connectivity index (χ1v) is 13.4. The van der Waals surface area contributed by atoms with Gasteiger partial charge in [0, 0.05) is 21.9 Å². The fourth-order valence-electron chi connectivity index (χ4n) is 4.41. The molecule has 0 saturated carbocycles. The number of aromatic nitrogens is 1. The van der Waals surface area contributed by atoms with Gasteiger partial charge in [0.15, 0.2) is 5.58 Å². The number of furan rings is 1. The van der Waals surface area contributed by atoms with E-state index in [1.165, 1.54) is 38.1 Å². The minimum Gasteiger partial charge on any atom is -0.454 e. The van der Waals surface area contributed by atoms with Crippen LogP contribution in [-0.2, 0) is 0 Å². The highest BCUT2D eigenvalue weighted by Crippen LogP contribution is 2.36. The molecule has 0 aliphatic rings. The van der Waals surface area contributed by atoms with Crippen LogP contribution in [0.2, 0.25) is 19.6 Å². The van der Waals surface area contributed by atoms with Crippen LogP contribution < -0.4 is 5.19 Å². The Labute approximate surface area is 166 Å². The summed E-state index contributed by atoms with van der Waals surface area (Å²) >= 11 is 0. The van der Waals surface area contributed by atoms with Gasteiger partial charge in [0.05, 0.1) is 19.3 Å². The lowest BCUT2D eigenvalue weighted by Gasteiger charge is -2.16. The van der Waals surface area contributed by atoms with Crippen molar-refractivity contribution in [3.63, 3.8) is 0 Å². The van der Waals surface area contributed by atoms with Crippen molar-refractivity contribution in [1.82, 2.24) is 4.57 Å². The Morgan fingerprint density at radius 1 is 0.714 bits per heavy atom. The van der Waals surface area contributed by atoms with Crippen LogP contribution in [0.15, 0.2) is 65.1 Å². The molecule has 0 aliphatic heterocycles. The van der Waals surface area contributed by atoms with Crippen LogP contribution in [0.1, 0.15) is 11.3 Å². The SMILES string of the molecule is Cc1c(C)n(-c2cccc3c2oc2c([Si](C)(C)C)cccc23)c2ccccc12. The van der Waals surface area contributed by atoms with E-state index in [2.05, 4.69) is 98.7 Å². The van der Waals surface area contributed by atoms with E-state index in [1.54, 1.807) is 0 Å². The van der Waals surface area contributed by atoms with E-state index >= 15 is 0 Å². The minimum atomic E-state index is -1.51. The number of aryl methyl sites for hydroxylation is 1. The zero-order valence-electron chi connectivity index (χ0n) is 17.1. The van der Waals surface area contributed by atoms with Crippen LogP contribution in [-0.4, -0.2) is 12.6 Å². The third kappa shape index (κ3) is 2.32. The van der Waals surface area contributed by atoms with Crippen molar-refractivity contribution in [3.05, 3.63) is 71.9 Å². The molecular formula is C25H25NOSi. The highest BCUT2D eigenvalue weighted by Gasteiger charge is 2.24. The first-order valence-electron chi connectivity index (χ1n) is 9.89. The molecule has 0 radical (unpaired) electrons. The van der Waals surface area contributed by atoms with Crippen molar-refractivity contribution < 1.29 is 4.42 Å². The van der Waals surface area contributed by atoms with Crippen molar-refractivity contribution in [2.45, 2.75) is 33.5 Å². The molecule has 140 valence electrons. The van der Waals surface area contributed by atoms with Gasteiger partial charge >= 0.3 is 0 Å². The number of nitrogens with zero attached hydrogens (tertiary/aromatic N) is 1. The second-order valence-corrected chi connectivity index (χ2v) is 13.8. The second kappa shape index (κ2) is 5.86. The van der Waals surface area contributed by atoms with Crippen molar-refractivity contribution >= 4 is 46.1 Å².